The highest BCUT2D eigenvalue weighted by Crippen LogP contribution is 2.43. The third-order valence-corrected chi connectivity index (χ3v) is 4.32. The highest BCUT2D eigenvalue weighted by Gasteiger charge is 2.39. The predicted octanol–water partition coefficient (Wildman–Crippen LogP) is 3.68. The van der Waals surface area contributed by atoms with Crippen LogP contribution in [0.4, 0.5) is 11.4 Å². The number of rotatable bonds is 3. The Hall–Kier alpha value is -2.78. The summed E-state index contributed by atoms with van der Waals surface area (Å²) in [5.74, 6) is 0. The van der Waals surface area contributed by atoms with Crippen molar-refractivity contribution in [2.75, 3.05) is 10.6 Å². The fraction of sp³-hybridized carbons (Fsp3) is 0.100. The number of nitrogens with two attached hydrogens (primary N) is 1. The molecule has 0 spiro atoms. The Labute approximate surface area is 136 Å². The van der Waals surface area contributed by atoms with Crippen LogP contribution in [0, 0.1) is 6.07 Å². The maximum absolute atomic E-state index is 5.84. The molecule has 0 saturated heterocycles. The van der Waals surface area contributed by atoms with E-state index in [-0.39, 0.29) is 0 Å². The molecule has 0 fully saturated rings. The molecule has 0 aromatic heterocycles. The summed E-state index contributed by atoms with van der Waals surface area (Å²) < 4.78 is 0. The Morgan fingerprint density at radius 3 is 2.17 bits per heavy atom. The number of hydrogen-bond acceptors (Lipinski definition) is 3. The summed E-state index contributed by atoms with van der Waals surface area (Å²) in [6, 6.07) is 27.8. The molecule has 23 heavy (non-hydrogen) atoms. The molecule has 3 nitrogen and oxygen atoms in total. The molecule has 0 unspecified atom stereocenters. The summed E-state index contributed by atoms with van der Waals surface area (Å²) in [7, 11) is 0. The van der Waals surface area contributed by atoms with Gasteiger partial charge in [0.2, 0.25) is 0 Å². The Morgan fingerprint density at radius 2 is 1.52 bits per heavy atom. The number of fused-ring (bicyclic) bond motifs is 1. The van der Waals surface area contributed by atoms with Crippen molar-refractivity contribution in [3.63, 3.8) is 0 Å². The maximum atomic E-state index is 5.84. The van der Waals surface area contributed by atoms with Crippen molar-refractivity contribution < 1.29 is 0 Å². The van der Waals surface area contributed by atoms with E-state index >= 15 is 0 Å². The molecule has 0 bridgehead atoms. The third-order valence-electron chi connectivity index (χ3n) is 4.32. The van der Waals surface area contributed by atoms with Gasteiger partial charge >= 0.3 is 0 Å². The van der Waals surface area contributed by atoms with Crippen LogP contribution in [0.1, 0.15) is 16.7 Å². The van der Waals surface area contributed by atoms with Gasteiger partial charge in [-0.15, -0.1) is 0 Å². The molecule has 4 N–H and O–H groups in total. The van der Waals surface area contributed by atoms with E-state index in [1.807, 2.05) is 24.3 Å². The second kappa shape index (κ2) is 5.45. The van der Waals surface area contributed by atoms with Gasteiger partial charge in [-0.1, -0.05) is 54.6 Å². The van der Waals surface area contributed by atoms with E-state index in [1.54, 1.807) is 0 Å². The Bertz CT molecular complexity index is 802. The van der Waals surface area contributed by atoms with Gasteiger partial charge < -0.3 is 16.4 Å². The first-order valence-electron chi connectivity index (χ1n) is 7.73. The summed E-state index contributed by atoms with van der Waals surface area (Å²) in [6.45, 7) is 0.527. The van der Waals surface area contributed by atoms with Gasteiger partial charge in [-0.05, 0) is 29.8 Å². The van der Waals surface area contributed by atoms with Gasteiger partial charge in [0.1, 0.15) is 0 Å². The lowest BCUT2D eigenvalue weighted by atomic mass is 9.90. The van der Waals surface area contributed by atoms with E-state index in [2.05, 4.69) is 65.2 Å². The molecular formula is C20H18N3. The van der Waals surface area contributed by atoms with E-state index < -0.39 is 5.66 Å². The third kappa shape index (κ3) is 2.26. The Morgan fingerprint density at radius 1 is 0.826 bits per heavy atom. The predicted molar refractivity (Wildman–Crippen MR) is 94.1 cm³/mol. The lowest BCUT2D eigenvalue weighted by molar-refractivity contribution is 0.702. The first kappa shape index (κ1) is 13.9. The molecule has 113 valence electrons. The van der Waals surface area contributed by atoms with Crippen molar-refractivity contribution in [1.82, 2.24) is 0 Å². The number of hydrogen-bond donors (Lipinski definition) is 3. The lowest BCUT2D eigenvalue weighted by Gasteiger charge is -2.32. The molecular weight excluding hydrogens is 282 g/mol. The van der Waals surface area contributed by atoms with Crippen molar-refractivity contribution in [3.05, 3.63) is 95.6 Å². The van der Waals surface area contributed by atoms with Crippen LogP contribution in [0.2, 0.25) is 0 Å². The zero-order valence-corrected chi connectivity index (χ0v) is 12.7. The minimum Gasteiger partial charge on any atom is -0.354 e. The Balaban J connectivity index is 1.90. The lowest BCUT2D eigenvalue weighted by Crippen LogP contribution is -2.40. The highest BCUT2D eigenvalue weighted by atomic mass is 15.3. The summed E-state index contributed by atoms with van der Waals surface area (Å²) in [5.41, 5.74) is 10.9. The fourth-order valence-electron chi connectivity index (χ4n) is 3.16. The molecule has 3 heteroatoms. The SMILES string of the molecule is NCc1cccc(C2(c3cc[c]cc3)Nc3ccccc3N2)c1. The second-order valence-electron chi connectivity index (χ2n) is 5.74. The Kier molecular flexibility index (Phi) is 3.28. The average Bonchev–Trinajstić information content (AvgIpc) is 3.03. The molecule has 1 aliphatic rings. The van der Waals surface area contributed by atoms with Crippen LogP contribution in [-0.2, 0) is 12.2 Å². The monoisotopic (exact) mass is 300 g/mol. The van der Waals surface area contributed by atoms with Crippen LogP contribution in [0.15, 0.2) is 72.8 Å². The van der Waals surface area contributed by atoms with Crippen LogP contribution < -0.4 is 16.4 Å². The molecule has 0 amide bonds. The normalized spacial score (nSPS) is 14.7. The zero-order chi connectivity index (χ0) is 15.7. The maximum Gasteiger partial charge on any atom is 0.161 e. The molecule has 3 aromatic rings. The largest absolute Gasteiger partial charge is 0.354 e. The van der Waals surface area contributed by atoms with Gasteiger partial charge in [0.05, 0.1) is 11.4 Å². The highest BCUT2D eigenvalue weighted by molar-refractivity contribution is 5.79. The van der Waals surface area contributed by atoms with Gasteiger partial charge in [-0.3, -0.25) is 0 Å². The van der Waals surface area contributed by atoms with Gasteiger partial charge in [-0.25, -0.2) is 0 Å². The number of benzene rings is 3. The van der Waals surface area contributed by atoms with Crippen molar-refractivity contribution in [2.24, 2.45) is 5.73 Å². The van der Waals surface area contributed by atoms with Gasteiger partial charge in [-0.2, -0.15) is 0 Å². The molecule has 0 aliphatic carbocycles. The van der Waals surface area contributed by atoms with Gasteiger partial charge in [0, 0.05) is 17.7 Å². The van der Waals surface area contributed by atoms with Crippen LogP contribution in [-0.4, -0.2) is 0 Å². The summed E-state index contributed by atoms with van der Waals surface area (Å²) >= 11 is 0. The quantitative estimate of drug-likeness (QED) is 0.691. The second-order valence-corrected chi connectivity index (χ2v) is 5.74. The van der Waals surface area contributed by atoms with Crippen molar-refractivity contribution >= 4 is 11.4 Å². The number of para-hydroxylation sites is 2. The van der Waals surface area contributed by atoms with E-state index in [0.29, 0.717) is 6.54 Å². The summed E-state index contributed by atoms with van der Waals surface area (Å²) in [6.07, 6.45) is 0. The summed E-state index contributed by atoms with van der Waals surface area (Å²) in [4.78, 5) is 0. The number of anilines is 2. The van der Waals surface area contributed by atoms with Gasteiger partial charge in [0.25, 0.3) is 0 Å². The van der Waals surface area contributed by atoms with Crippen molar-refractivity contribution in [3.8, 4) is 0 Å². The molecule has 0 atom stereocenters. The molecule has 0 saturated carbocycles. The van der Waals surface area contributed by atoms with Crippen molar-refractivity contribution in [1.29, 1.82) is 0 Å². The molecule has 1 radical (unpaired) electrons. The molecule has 1 aliphatic heterocycles. The minimum absolute atomic E-state index is 0.496. The number of nitrogens with one attached hydrogen (secondary N) is 2. The molecule has 4 rings (SSSR count). The van der Waals surface area contributed by atoms with E-state index in [4.69, 9.17) is 5.73 Å². The first-order chi connectivity index (χ1) is 11.3. The standard InChI is InChI=1S/C20H18N3/c21-14-15-7-6-10-17(13-15)20(16-8-2-1-3-9-16)22-18-11-4-5-12-19(18)23-20/h2-13,22-23H,14,21H2. The zero-order valence-electron chi connectivity index (χ0n) is 12.7. The fourth-order valence-corrected chi connectivity index (χ4v) is 3.16. The van der Waals surface area contributed by atoms with Gasteiger partial charge in [0.15, 0.2) is 5.66 Å². The molecule has 3 aromatic carbocycles. The van der Waals surface area contributed by atoms with E-state index in [9.17, 15) is 0 Å². The van der Waals surface area contributed by atoms with E-state index in [1.165, 1.54) is 0 Å². The van der Waals surface area contributed by atoms with Crippen LogP contribution in [0.25, 0.3) is 0 Å². The average molecular weight is 300 g/mol. The molecule has 1 heterocycles. The summed E-state index contributed by atoms with van der Waals surface area (Å²) in [5, 5.41) is 7.33. The smallest absolute Gasteiger partial charge is 0.161 e. The van der Waals surface area contributed by atoms with Crippen LogP contribution in [0.3, 0.4) is 0 Å². The van der Waals surface area contributed by atoms with Crippen molar-refractivity contribution in [2.45, 2.75) is 12.2 Å². The minimum atomic E-state index is -0.496. The first-order valence-corrected chi connectivity index (χ1v) is 7.73. The van der Waals surface area contributed by atoms with E-state index in [0.717, 1.165) is 28.1 Å². The van der Waals surface area contributed by atoms with Crippen LogP contribution >= 0.6 is 0 Å². The van der Waals surface area contributed by atoms with Crippen LogP contribution in [0.5, 0.6) is 0 Å². The topological polar surface area (TPSA) is 50.1 Å².